The fourth-order valence-corrected chi connectivity index (χ4v) is 3.74. The van der Waals surface area contributed by atoms with E-state index in [0.717, 1.165) is 18.3 Å². The summed E-state index contributed by atoms with van der Waals surface area (Å²) in [6, 6.07) is 2.65. The second kappa shape index (κ2) is 4.56. The van der Waals surface area contributed by atoms with Crippen LogP contribution in [0.3, 0.4) is 0 Å². The molecule has 7 heteroatoms. The highest BCUT2D eigenvalue weighted by Gasteiger charge is 2.59. The van der Waals surface area contributed by atoms with Gasteiger partial charge in [-0.15, -0.1) is 0 Å². The monoisotopic (exact) mass is 292 g/mol. The summed E-state index contributed by atoms with van der Waals surface area (Å²) in [5.74, 6) is 0.190. The number of hydrogen-bond donors (Lipinski definition) is 0. The zero-order valence-corrected chi connectivity index (χ0v) is 13.3. The first-order chi connectivity index (χ1) is 9.32. The van der Waals surface area contributed by atoms with Crippen LogP contribution in [-0.2, 0) is 9.10 Å². The largest absolute Gasteiger partial charge is 0.543 e. The van der Waals surface area contributed by atoms with Crippen LogP contribution in [0.2, 0.25) is 0 Å². The van der Waals surface area contributed by atoms with E-state index in [4.69, 9.17) is 14.4 Å². The molecule has 0 bridgehead atoms. The van der Waals surface area contributed by atoms with Crippen LogP contribution < -0.4 is 5.46 Å². The van der Waals surface area contributed by atoms with Crippen LogP contribution in [0.15, 0.2) is 12.4 Å². The van der Waals surface area contributed by atoms with E-state index in [-0.39, 0.29) is 18.4 Å². The van der Waals surface area contributed by atoms with E-state index in [0.29, 0.717) is 6.04 Å². The molecule has 3 rings (SSSR count). The molecule has 1 saturated heterocycles. The Balaban J connectivity index is 1.71. The highest BCUT2D eigenvalue weighted by molar-refractivity contribution is 7.72. The zero-order valence-electron chi connectivity index (χ0n) is 12.4. The summed E-state index contributed by atoms with van der Waals surface area (Å²) in [6.07, 6.45) is 5.62. The lowest BCUT2D eigenvalue weighted by Crippen LogP contribution is -2.34. The molecule has 1 aromatic heterocycles. The van der Waals surface area contributed by atoms with Crippen molar-refractivity contribution in [2.24, 2.45) is 5.92 Å². The van der Waals surface area contributed by atoms with Crippen LogP contribution in [0.25, 0.3) is 0 Å². The van der Waals surface area contributed by atoms with Crippen LogP contribution in [0.1, 0.15) is 32.7 Å². The summed E-state index contributed by atoms with van der Waals surface area (Å²) in [5.41, 5.74) is 0.976. The van der Waals surface area contributed by atoms with Crippen LogP contribution >= 0.6 is 7.49 Å². The van der Waals surface area contributed by atoms with Gasteiger partial charge < -0.3 is 4.65 Å². The van der Waals surface area contributed by atoms with E-state index in [2.05, 4.69) is 38.3 Å². The third kappa shape index (κ3) is 2.18. The molecule has 0 atom stereocenters. The molecule has 20 heavy (non-hydrogen) atoms. The van der Waals surface area contributed by atoms with Gasteiger partial charge in [-0.05, 0) is 12.8 Å². The Bertz CT molecular complexity index is 544. The van der Waals surface area contributed by atoms with Gasteiger partial charge in [-0.1, -0.05) is 0 Å². The molecular formula is C13H20BN3O2P+. The molecule has 1 aliphatic heterocycles. The van der Waals surface area contributed by atoms with Crippen LogP contribution in [0.4, 0.5) is 0 Å². The normalized spacial score (nSPS) is 30.9. The first kappa shape index (κ1) is 14.1. The molecule has 2 aliphatic rings. The average molecular weight is 292 g/mol. The molecule has 1 saturated carbocycles. The van der Waals surface area contributed by atoms with Gasteiger partial charge in [0.25, 0.3) is 0 Å². The van der Waals surface area contributed by atoms with Gasteiger partial charge in [0, 0.05) is 31.7 Å². The summed E-state index contributed by atoms with van der Waals surface area (Å²) >= 11 is 0. The maximum Gasteiger partial charge on any atom is 0.543 e. The molecule has 0 spiro atoms. The molecule has 2 heterocycles. The molecule has 106 valence electrons. The quantitative estimate of drug-likeness (QED) is 0.618. The molecule has 0 radical (unpaired) electrons. The smallest absolute Gasteiger partial charge is 0.366 e. The van der Waals surface area contributed by atoms with Crippen molar-refractivity contribution in [1.82, 2.24) is 9.78 Å². The Kier molecular flexibility index (Phi) is 3.21. The summed E-state index contributed by atoms with van der Waals surface area (Å²) in [4.78, 5) is 0. The van der Waals surface area contributed by atoms with E-state index in [1.54, 1.807) is 0 Å². The Labute approximate surface area is 120 Å². The Morgan fingerprint density at radius 3 is 2.75 bits per heavy atom. The van der Waals surface area contributed by atoms with Gasteiger partial charge in [-0.3, -0.25) is 9.12 Å². The van der Waals surface area contributed by atoms with Gasteiger partial charge in [-0.2, -0.15) is 10.4 Å². The summed E-state index contributed by atoms with van der Waals surface area (Å²) in [7, 11) is -1.85. The minimum absolute atomic E-state index is 0.190. The highest BCUT2D eigenvalue weighted by Crippen LogP contribution is 2.68. The molecule has 0 aromatic carbocycles. The first-order valence-corrected chi connectivity index (χ1v) is 9.56. The minimum atomic E-state index is -1.54. The lowest BCUT2D eigenvalue weighted by Gasteiger charge is -2.30. The van der Waals surface area contributed by atoms with Gasteiger partial charge in [0.2, 0.25) is 0 Å². The Morgan fingerprint density at radius 2 is 2.20 bits per heavy atom. The van der Waals surface area contributed by atoms with Gasteiger partial charge in [0.05, 0.1) is 31.4 Å². The molecule has 0 N–H and O–H groups in total. The van der Waals surface area contributed by atoms with Gasteiger partial charge >= 0.3 is 7.12 Å². The third-order valence-corrected chi connectivity index (χ3v) is 8.03. The lowest BCUT2D eigenvalue weighted by atomic mass is 9.80. The topological polar surface area (TPSA) is 60.1 Å². The second-order valence-corrected chi connectivity index (χ2v) is 10.5. The molecular weight excluding hydrogens is 272 g/mol. The Morgan fingerprint density at radius 1 is 1.50 bits per heavy atom. The van der Waals surface area contributed by atoms with E-state index in [1.807, 2.05) is 17.1 Å². The van der Waals surface area contributed by atoms with Gasteiger partial charge in [-0.25, -0.2) is 0 Å². The molecule has 5 nitrogen and oxygen atoms in total. The van der Waals surface area contributed by atoms with Crippen molar-refractivity contribution in [3.05, 3.63) is 12.4 Å². The number of nitrogens with zero attached hydrogens (tertiary/aromatic N) is 3. The number of aromatic nitrogens is 2. The number of nitriles is 1. The standard InChI is InChI=1S/C13H20BN3O2P/c1-13(2)18-14(19-20(13,3)4)11-8-16-17(9-11)12-5-10(6-12)7-15/h8-10,12H,5-6H2,1-4H3/q+1. The van der Waals surface area contributed by atoms with Crippen molar-refractivity contribution in [2.75, 3.05) is 13.3 Å². The van der Waals surface area contributed by atoms with Gasteiger partial charge in [0.15, 0.2) is 12.8 Å². The van der Waals surface area contributed by atoms with Crippen molar-refractivity contribution in [3.8, 4) is 6.07 Å². The molecule has 0 amide bonds. The van der Waals surface area contributed by atoms with E-state index >= 15 is 0 Å². The minimum Gasteiger partial charge on any atom is -0.366 e. The van der Waals surface area contributed by atoms with E-state index in [9.17, 15) is 0 Å². The van der Waals surface area contributed by atoms with Gasteiger partial charge in [0.1, 0.15) is 0 Å². The first-order valence-electron chi connectivity index (χ1n) is 6.96. The maximum absolute atomic E-state index is 8.83. The SMILES string of the molecule is CC1(C)OB(c2cnn(C3CC(C#N)C3)c2)O[P+]1(C)C. The van der Waals surface area contributed by atoms with Crippen molar-refractivity contribution >= 4 is 20.1 Å². The third-order valence-electron chi connectivity index (χ3n) is 4.62. The van der Waals surface area contributed by atoms with E-state index < -0.39 is 7.49 Å². The molecule has 2 fully saturated rings. The predicted octanol–water partition coefficient (Wildman–Crippen LogP) is 2.03. The van der Waals surface area contributed by atoms with Crippen LogP contribution in [0.5, 0.6) is 0 Å². The Hall–Kier alpha value is -0.885. The highest BCUT2D eigenvalue weighted by atomic mass is 31.2. The predicted molar refractivity (Wildman–Crippen MR) is 80.0 cm³/mol. The summed E-state index contributed by atoms with van der Waals surface area (Å²) < 4.78 is 14.1. The number of hydrogen-bond acceptors (Lipinski definition) is 4. The maximum atomic E-state index is 8.83. The second-order valence-electron chi connectivity index (χ2n) is 6.56. The fraction of sp³-hybridized carbons (Fsp3) is 0.692. The lowest BCUT2D eigenvalue weighted by molar-refractivity contribution is 0.209. The van der Waals surface area contributed by atoms with Crippen LogP contribution in [0, 0.1) is 17.2 Å². The van der Waals surface area contributed by atoms with Crippen LogP contribution in [-0.4, -0.2) is 35.6 Å². The van der Waals surface area contributed by atoms with E-state index in [1.165, 1.54) is 0 Å². The summed E-state index contributed by atoms with van der Waals surface area (Å²) in [5, 5.41) is 13.0. The fourth-order valence-electron chi connectivity index (χ4n) is 2.49. The summed E-state index contributed by atoms with van der Waals surface area (Å²) in [6.45, 7) is 8.49. The molecule has 1 aliphatic carbocycles. The van der Waals surface area contributed by atoms with Crippen molar-refractivity contribution in [3.63, 3.8) is 0 Å². The average Bonchev–Trinajstić information content (AvgIpc) is 2.82. The van der Waals surface area contributed by atoms with Crippen molar-refractivity contribution in [2.45, 2.75) is 38.1 Å². The zero-order chi connectivity index (χ0) is 14.5. The van der Waals surface area contributed by atoms with Crippen molar-refractivity contribution in [1.29, 1.82) is 5.26 Å². The van der Waals surface area contributed by atoms with Crippen molar-refractivity contribution < 1.29 is 9.10 Å². The molecule has 0 unspecified atom stereocenters. The molecule has 1 aromatic rings. The number of rotatable bonds is 2.